The Kier molecular flexibility index (Phi) is 6.73. The normalized spacial score (nSPS) is 9.18. The average molecular weight is 157 g/mol. The van der Waals surface area contributed by atoms with Crippen molar-refractivity contribution in [3.8, 4) is 0 Å². The zero-order valence-electron chi connectivity index (χ0n) is 6.93. The van der Waals surface area contributed by atoms with Gasteiger partial charge in [0.2, 0.25) is 0 Å². The van der Waals surface area contributed by atoms with Crippen LogP contribution in [0.3, 0.4) is 0 Å². The fraction of sp³-hybridized carbons (Fsp3) is 0.625. The van der Waals surface area contributed by atoms with E-state index < -0.39 is 0 Å². The minimum atomic E-state index is -0.381. The van der Waals surface area contributed by atoms with Crippen molar-refractivity contribution in [2.45, 2.75) is 19.8 Å². The molecule has 0 aromatic rings. The molecular weight excluding hydrogens is 142 g/mol. The maximum atomic E-state index is 10.5. The summed E-state index contributed by atoms with van der Waals surface area (Å²) in [7, 11) is 0. The lowest BCUT2D eigenvalue weighted by molar-refractivity contribution is -0.138. The van der Waals surface area contributed by atoms with Gasteiger partial charge in [-0.3, -0.25) is 5.32 Å². The van der Waals surface area contributed by atoms with Crippen molar-refractivity contribution in [2.75, 3.05) is 13.3 Å². The summed E-state index contributed by atoms with van der Waals surface area (Å²) in [6, 6.07) is 0. The van der Waals surface area contributed by atoms with Crippen molar-refractivity contribution in [2.24, 2.45) is 0 Å². The Morgan fingerprint density at radius 3 is 3.00 bits per heavy atom. The van der Waals surface area contributed by atoms with Crippen molar-refractivity contribution in [3.05, 3.63) is 12.7 Å². The summed E-state index contributed by atoms with van der Waals surface area (Å²) < 4.78 is 4.67. The van der Waals surface area contributed by atoms with Crippen LogP contribution in [-0.2, 0) is 9.53 Å². The Hall–Kier alpha value is -0.830. The van der Waals surface area contributed by atoms with Crippen LogP contribution in [0.2, 0.25) is 0 Å². The summed E-state index contributed by atoms with van der Waals surface area (Å²) in [5, 5.41) is 2.96. The highest BCUT2D eigenvalue weighted by molar-refractivity contribution is 5.81. The Morgan fingerprint density at radius 1 is 1.73 bits per heavy atom. The van der Waals surface area contributed by atoms with Crippen LogP contribution >= 0.6 is 0 Å². The van der Waals surface area contributed by atoms with Gasteiger partial charge in [0.1, 0.15) is 6.73 Å². The Morgan fingerprint density at radius 2 is 2.45 bits per heavy atom. The largest absolute Gasteiger partial charge is 0.447 e. The maximum Gasteiger partial charge on any atom is 0.331 e. The number of rotatable bonds is 6. The van der Waals surface area contributed by atoms with Crippen molar-refractivity contribution in [1.29, 1.82) is 0 Å². The van der Waals surface area contributed by atoms with E-state index in [1.54, 1.807) is 0 Å². The Bertz CT molecular complexity index is 123. The molecule has 0 aliphatic heterocycles. The molecule has 0 bridgehead atoms. The third-order valence-corrected chi connectivity index (χ3v) is 1.19. The van der Waals surface area contributed by atoms with Gasteiger partial charge in [-0.05, 0) is 13.0 Å². The molecule has 0 unspecified atom stereocenters. The first-order valence-electron chi connectivity index (χ1n) is 3.81. The number of ether oxygens (including phenoxy) is 1. The van der Waals surface area contributed by atoms with Gasteiger partial charge in [-0.2, -0.15) is 0 Å². The zero-order valence-corrected chi connectivity index (χ0v) is 6.93. The molecule has 3 nitrogen and oxygen atoms in total. The number of hydrogen-bond acceptors (Lipinski definition) is 3. The van der Waals surface area contributed by atoms with Gasteiger partial charge in [-0.1, -0.05) is 19.9 Å². The summed E-state index contributed by atoms with van der Waals surface area (Å²) >= 11 is 0. The monoisotopic (exact) mass is 157 g/mol. The second-order valence-electron chi connectivity index (χ2n) is 2.17. The number of unbranched alkanes of at least 4 members (excludes halogenated alkanes) is 1. The van der Waals surface area contributed by atoms with Gasteiger partial charge in [0.05, 0.1) is 0 Å². The molecule has 1 N–H and O–H groups in total. The summed E-state index contributed by atoms with van der Waals surface area (Å²) in [4.78, 5) is 10.5. The van der Waals surface area contributed by atoms with Crippen LogP contribution in [0.25, 0.3) is 0 Å². The fourth-order valence-electron chi connectivity index (χ4n) is 0.555. The van der Waals surface area contributed by atoms with Crippen LogP contribution in [0, 0.1) is 0 Å². The highest BCUT2D eigenvalue weighted by atomic mass is 16.5. The quantitative estimate of drug-likeness (QED) is 0.271. The third kappa shape index (κ3) is 7.06. The van der Waals surface area contributed by atoms with Crippen molar-refractivity contribution in [1.82, 2.24) is 5.32 Å². The molecule has 64 valence electrons. The second-order valence-corrected chi connectivity index (χ2v) is 2.17. The lowest BCUT2D eigenvalue weighted by Crippen LogP contribution is -2.20. The highest BCUT2D eigenvalue weighted by Gasteiger charge is 1.92. The third-order valence-electron chi connectivity index (χ3n) is 1.19. The van der Waals surface area contributed by atoms with E-state index in [-0.39, 0.29) is 12.7 Å². The molecule has 0 saturated carbocycles. The average Bonchev–Trinajstić information content (AvgIpc) is 2.04. The molecule has 0 spiro atoms. The first-order valence-corrected chi connectivity index (χ1v) is 3.81. The molecule has 0 radical (unpaired) electrons. The topological polar surface area (TPSA) is 38.3 Å². The van der Waals surface area contributed by atoms with Crippen LogP contribution in [0.4, 0.5) is 0 Å². The molecule has 11 heavy (non-hydrogen) atoms. The van der Waals surface area contributed by atoms with Crippen molar-refractivity contribution < 1.29 is 9.53 Å². The molecule has 0 aliphatic rings. The van der Waals surface area contributed by atoms with Crippen LogP contribution in [-0.4, -0.2) is 19.2 Å². The van der Waals surface area contributed by atoms with E-state index in [0.29, 0.717) is 0 Å². The molecule has 3 heteroatoms. The SMILES string of the molecule is C=CC(=O)OCNCCCC. The molecule has 0 atom stereocenters. The lowest BCUT2D eigenvalue weighted by Gasteiger charge is -2.02. The first kappa shape index (κ1) is 10.2. The molecule has 0 fully saturated rings. The van der Waals surface area contributed by atoms with E-state index in [1.807, 2.05) is 0 Å². The summed E-state index contributed by atoms with van der Waals surface area (Å²) in [5.74, 6) is -0.381. The van der Waals surface area contributed by atoms with Gasteiger partial charge in [-0.25, -0.2) is 4.79 Å². The summed E-state index contributed by atoms with van der Waals surface area (Å²) in [6.45, 7) is 6.55. The van der Waals surface area contributed by atoms with E-state index in [4.69, 9.17) is 0 Å². The van der Waals surface area contributed by atoms with Gasteiger partial charge in [-0.15, -0.1) is 0 Å². The number of hydrogen-bond donors (Lipinski definition) is 1. The molecular formula is C8H15NO2. The molecule has 0 aromatic carbocycles. The highest BCUT2D eigenvalue weighted by Crippen LogP contribution is 1.82. The predicted molar refractivity (Wildman–Crippen MR) is 44.1 cm³/mol. The van der Waals surface area contributed by atoms with E-state index in [0.717, 1.165) is 25.5 Å². The summed E-state index contributed by atoms with van der Waals surface area (Å²) in [6.07, 6.45) is 3.40. The van der Waals surface area contributed by atoms with Crippen molar-refractivity contribution in [3.63, 3.8) is 0 Å². The molecule has 0 amide bonds. The Balaban J connectivity index is 3.01. The van der Waals surface area contributed by atoms with Crippen LogP contribution in [0.1, 0.15) is 19.8 Å². The molecule has 0 saturated heterocycles. The molecule has 0 aromatic heterocycles. The predicted octanol–water partition coefficient (Wildman–Crippen LogP) is 1.06. The smallest absolute Gasteiger partial charge is 0.331 e. The second kappa shape index (κ2) is 7.28. The number of nitrogens with one attached hydrogen (secondary N) is 1. The zero-order chi connectivity index (χ0) is 8.53. The maximum absolute atomic E-state index is 10.5. The van der Waals surface area contributed by atoms with E-state index in [1.165, 1.54) is 0 Å². The van der Waals surface area contributed by atoms with Gasteiger partial charge in [0.15, 0.2) is 0 Å². The fourth-order valence-corrected chi connectivity index (χ4v) is 0.555. The van der Waals surface area contributed by atoms with E-state index >= 15 is 0 Å². The van der Waals surface area contributed by atoms with Gasteiger partial charge >= 0.3 is 5.97 Å². The van der Waals surface area contributed by atoms with Crippen molar-refractivity contribution >= 4 is 5.97 Å². The van der Waals surface area contributed by atoms with E-state index in [2.05, 4.69) is 23.6 Å². The minimum absolute atomic E-state index is 0.283. The Labute approximate surface area is 67.4 Å². The van der Waals surface area contributed by atoms with Gasteiger partial charge in [0, 0.05) is 6.08 Å². The van der Waals surface area contributed by atoms with Crippen LogP contribution in [0.5, 0.6) is 0 Å². The lowest BCUT2D eigenvalue weighted by atomic mass is 10.3. The van der Waals surface area contributed by atoms with Gasteiger partial charge < -0.3 is 4.74 Å². The van der Waals surface area contributed by atoms with Gasteiger partial charge in [0.25, 0.3) is 0 Å². The van der Waals surface area contributed by atoms with E-state index in [9.17, 15) is 4.79 Å². The molecule has 0 rings (SSSR count). The number of esters is 1. The van der Waals surface area contributed by atoms with Crippen LogP contribution < -0.4 is 5.32 Å². The van der Waals surface area contributed by atoms with Crippen LogP contribution in [0.15, 0.2) is 12.7 Å². The number of carbonyl (C=O) groups excluding carboxylic acids is 1. The standard InChI is InChI=1S/C8H15NO2/c1-3-5-6-9-7-11-8(10)4-2/h4,9H,2-3,5-7H2,1H3. The number of carbonyl (C=O) groups is 1. The summed E-state index contributed by atoms with van der Waals surface area (Å²) in [5.41, 5.74) is 0. The minimum Gasteiger partial charge on any atom is -0.447 e. The first-order chi connectivity index (χ1) is 5.31. The molecule has 0 heterocycles. The molecule has 0 aliphatic carbocycles.